The molecule has 1 atom stereocenters. The molecular formula is C22H24N6O2. The van der Waals surface area contributed by atoms with Crippen LogP contribution in [0, 0.1) is 13.8 Å². The number of amides is 1. The van der Waals surface area contributed by atoms with Gasteiger partial charge in [-0.3, -0.25) is 14.3 Å². The van der Waals surface area contributed by atoms with Crippen LogP contribution in [-0.4, -0.2) is 30.3 Å². The number of rotatable bonds is 5. The largest absolute Gasteiger partial charge is 0.344 e. The van der Waals surface area contributed by atoms with Crippen LogP contribution in [-0.2, 0) is 6.54 Å². The summed E-state index contributed by atoms with van der Waals surface area (Å²) in [6.07, 6.45) is 3.45. The lowest BCUT2D eigenvalue weighted by atomic mass is 10.1. The minimum atomic E-state index is -0.299. The van der Waals surface area contributed by atoms with Crippen LogP contribution in [0.3, 0.4) is 0 Å². The van der Waals surface area contributed by atoms with E-state index in [-0.39, 0.29) is 17.5 Å². The van der Waals surface area contributed by atoms with E-state index in [2.05, 4.69) is 20.5 Å². The van der Waals surface area contributed by atoms with Crippen molar-refractivity contribution in [2.75, 3.05) is 0 Å². The Balaban J connectivity index is 1.62. The molecule has 3 aromatic heterocycles. The molecule has 8 nitrogen and oxygen atoms in total. The van der Waals surface area contributed by atoms with Crippen LogP contribution in [0.25, 0.3) is 16.9 Å². The van der Waals surface area contributed by atoms with E-state index in [1.165, 1.54) is 10.1 Å². The van der Waals surface area contributed by atoms with Crippen molar-refractivity contribution in [3.8, 4) is 11.4 Å². The molecule has 1 amide bonds. The lowest BCUT2D eigenvalue weighted by molar-refractivity contribution is 0.0939. The van der Waals surface area contributed by atoms with Gasteiger partial charge in [0.1, 0.15) is 5.52 Å². The topological polar surface area (TPSA) is 97.1 Å². The maximum atomic E-state index is 12.7. The summed E-state index contributed by atoms with van der Waals surface area (Å²) in [6.45, 7) is 8.69. The molecule has 30 heavy (non-hydrogen) atoms. The standard InChI is InChI=1S/C22H24N6O2/c1-5-27-9-8-18(25-27)15(4)23-21(29)17-11-19-22(30)24-20(26-28(19)12-17)16-7-6-13(2)14(3)10-16/h6-12,15H,5H2,1-4H3,(H,23,29)(H,24,26,30). The highest BCUT2D eigenvalue weighted by atomic mass is 16.2. The zero-order chi connectivity index (χ0) is 21.4. The minimum Gasteiger partial charge on any atom is -0.344 e. The summed E-state index contributed by atoms with van der Waals surface area (Å²) in [7, 11) is 0. The zero-order valence-electron chi connectivity index (χ0n) is 17.4. The summed E-state index contributed by atoms with van der Waals surface area (Å²) < 4.78 is 3.26. The van der Waals surface area contributed by atoms with Crippen molar-refractivity contribution < 1.29 is 4.79 Å². The van der Waals surface area contributed by atoms with Gasteiger partial charge in [-0.25, -0.2) is 4.52 Å². The van der Waals surface area contributed by atoms with Crippen LogP contribution in [0.5, 0.6) is 0 Å². The molecule has 4 rings (SSSR count). The summed E-state index contributed by atoms with van der Waals surface area (Å²) in [4.78, 5) is 28.1. The number of hydrogen-bond donors (Lipinski definition) is 2. The minimum absolute atomic E-state index is 0.259. The normalized spacial score (nSPS) is 12.3. The molecule has 1 aromatic carbocycles. The van der Waals surface area contributed by atoms with Gasteiger partial charge in [0.05, 0.1) is 17.3 Å². The number of hydrogen-bond acceptors (Lipinski definition) is 4. The molecule has 0 fully saturated rings. The van der Waals surface area contributed by atoms with Crippen LogP contribution in [0.1, 0.15) is 47.1 Å². The molecule has 8 heteroatoms. The molecule has 0 saturated carbocycles. The third kappa shape index (κ3) is 3.63. The number of fused-ring (bicyclic) bond motifs is 1. The van der Waals surface area contributed by atoms with Crippen molar-refractivity contribution in [1.82, 2.24) is 29.7 Å². The maximum absolute atomic E-state index is 12.7. The summed E-state index contributed by atoms with van der Waals surface area (Å²) >= 11 is 0. The first-order valence-corrected chi connectivity index (χ1v) is 9.90. The fourth-order valence-electron chi connectivity index (χ4n) is 3.29. The van der Waals surface area contributed by atoms with Crippen molar-refractivity contribution in [2.45, 2.75) is 40.3 Å². The lowest BCUT2D eigenvalue weighted by Gasteiger charge is -2.10. The fourth-order valence-corrected chi connectivity index (χ4v) is 3.29. The van der Waals surface area contributed by atoms with E-state index in [0.29, 0.717) is 16.9 Å². The molecule has 0 bridgehead atoms. The smallest absolute Gasteiger partial charge is 0.275 e. The molecule has 4 aromatic rings. The van der Waals surface area contributed by atoms with Crippen molar-refractivity contribution in [2.24, 2.45) is 0 Å². The Morgan fingerprint density at radius 1 is 1.17 bits per heavy atom. The fraction of sp³-hybridized carbons (Fsp3) is 0.273. The number of carbonyl (C=O) groups excluding carboxylic acids is 1. The highest BCUT2D eigenvalue weighted by Crippen LogP contribution is 2.18. The number of H-pyrrole nitrogens is 1. The van der Waals surface area contributed by atoms with Gasteiger partial charge in [0.25, 0.3) is 11.5 Å². The number of aromatic nitrogens is 5. The van der Waals surface area contributed by atoms with Crippen LogP contribution >= 0.6 is 0 Å². The Morgan fingerprint density at radius 2 is 1.97 bits per heavy atom. The molecule has 0 aliphatic carbocycles. The van der Waals surface area contributed by atoms with Crippen LogP contribution in [0.2, 0.25) is 0 Å². The quantitative estimate of drug-likeness (QED) is 0.534. The van der Waals surface area contributed by atoms with Gasteiger partial charge in [-0.1, -0.05) is 12.1 Å². The highest BCUT2D eigenvalue weighted by molar-refractivity contribution is 5.95. The first-order chi connectivity index (χ1) is 14.4. The molecule has 3 heterocycles. The summed E-state index contributed by atoms with van der Waals surface area (Å²) in [5.41, 5.74) is 4.26. The average Bonchev–Trinajstić information content (AvgIpc) is 3.37. The third-order valence-corrected chi connectivity index (χ3v) is 5.29. The SMILES string of the molecule is CCn1ccc(C(C)NC(=O)c2cc3c(=O)[nH]c(-c4ccc(C)c(C)c4)nn3c2)n1. The first-order valence-electron chi connectivity index (χ1n) is 9.90. The van der Waals surface area contributed by atoms with Gasteiger partial charge >= 0.3 is 0 Å². The Hall–Kier alpha value is -3.68. The Morgan fingerprint density at radius 3 is 2.67 bits per heavy atom. The molecule has 0 spiro atoms. The second kappa shape index (κ2) is 7.62. The van der Waals surface area contributed by atoms with Gasteiger partial charge in [0, 0.05) is 24.5 Å². The molecule has 0 aliphatic heterocycles. The third-order valence-electron chi connectivity index (χ3n) is 5.29. The first kappa shape index (κ1) is 19.6. The number of aryl methyl sites for hydroxylation is 3. The monoisotopic (exact) mass is 404 g/mol. The van der Waals surface area contributed by atoms with Gasteiger partial charge in [-0.05, 0) is 57.0 Å². The summed E-state index contributed by atoms with van der Waals surface area (Å²) in [5.74, 6) is 0.169. The van der Waals surface area contributed by atoms with Gasteiger partial charge < -0.3 is 10.3 Å². The second-order valence-corrected chi connectivity index (χ2v) is 7.45. The van der Waals surface area contributed by atoms with E-state index in [0.717, 1.165) is 23.4 Å². The molecule has 2 N–H and O–H groups in total. The van der Waals surface area contributed by atoms with Crippen LogP contribution in [0.4, 0.5) is 0 Å². The molecule has 0 saturated heterocycles. The Bertz CT molecular complexity index is 1300. The second-order valence-electron chi connectivity index (χ2n) is 7.45. The van der Waals surface area contributed by atoms with Gasteiger partial charge in [0.15, 0.2) is 5.82 Å². The van der Waals surface area contributed by atoms with Crippen molar-refractivity contribution in [3.05, 3.63) is 75.5 Å². The number of aromatic amines is 1. The number of nitrogens with zero attached hydrogens (tertiary/aromatic N) is 4. The highest BCUT2D eigenvalue weighted by Gasteiger charge is 2.17. The molecule has 0 aliphatic rings. The van der Waals surface area contributed by atoms with Crippen LogP contribution < -0.4 is 10.9 Å². The molecular weight excluding hydrogens is 380 g/mol. The lowest BCUT2D eigenvalue weighted by Crippen LogP contribution is -2.26. The van der Waals surface area contributed by atoms with Crippen molar-refractivity contribution in [1.29, 1.82) is 0 Å². The number of carbonyl (C=O) groups is 1. The zero-order valence-corrected chi connectivity index (χ0v) is 17.4. The summed E-state index contributed by atoms with van der Waals surface area (Å²) in [6, 6.07) is 9.06. The Labute approximate surface area is 173 Å². The average molecular weight is 404 g/mol. The van der Waals surface area contributed by atoms with E-state index in [1.54, 1.807) is 12.3 Å². The van der Waals surface area contributed by atoms with E-state index < -0.39 is 0 Å². The van der Waals surface area contributed by atoms with Crippen molar-refractivity contribution in [3.63, 3.8) is 0 Å². The van der Waals surface area contributed by atoms with Crippen LogP contribution in [0.15, 0.2) is 47.5 Å². The predicted octanol–water partition coefficient (Wildman–Crippen LogP) is 3.01. The van der Waals surface area contributed by atoms with E-state index >= 15 is 0 Å². The van der Waals surface area contributed by atoms with Gasteiger partial charge in [0.2, 0.25) is 0 Å². The Kier molecular flexibility index (Phi) is 4.99. The molecule has 0 radical (unpaired) electrons. The van der Waals surface area contributed by atoms with Gasteiger partial charge in [-0.2, -0.15) is 5.10 Å². The van der Waals surface area contributed by atoms with E-state index in [1.807, 2.05) is 62.8 Å². The van der Waals surface area contributed by atoms with E-state index in [9.17, 15) is 9.59 Å². The molecule has 1 unspecified atom stereocenters. The van der Waals surface area contributed by atoms with Gasteiger partial charge in [-0.15, -0.1) is 5.10 Å². The van der Waals surface area contributed by atoms with E-state index in [4.69, 9.17) is 0 Å². The predicted molar refractivity (Wildman–Crippen MR) is 115 cm³/mol. The summed E-state index contributed by atoms with van der Waals surface area (Å²) in [5, 5.41) is 11.8. The maximum Gasteiger partial charge on any atom is 0.275 e. The number of nitrogens with one attached hydrogen (secondary N) is 2. The number of benzene rings is 1. The molecule has 154 valence electrons. The van der Waals surface area contributed by atoms with Crippen molar-refractivity contribution >= 4 is 11.4 Å².